The second kappa shape index (κ2) is 6.83. The van der Waals surface area contributed by atoms with Gasteiger partial charge in [-0.3, -0.25) is 4.79 Å². The molecule has 0 spiro atoms. The van der Waals surface area contributed by atoms with E-state index in [1.165, 1.54) is 25.7 Å². The van der Waals surface area contributed by atoms with Crippen LogP contribution in [-0.2, 0) is 4.79 Å². The molecule has 0 radical (unpaired) electrons. The summed E-state index contributed by atoms with van der Waals surface area (Å²) in [4.78, 5) is 10.6. The van der Waals surface area contributed by atoms with E-state index in [1.807, 2.05) is 0 Å². The molecule has 0 aromatic heterocycles. The molecule has 1 fully saturated rings. The highest BCUT2D eigenvalue weighted by Crippen LogP contribution is 2.28. The summed E-state index contributed by atoms with van der Waals surface area (Å²) in [5.74, 6) is 1.77. The fourth-order valence-electron chi connectivity index (χ4n) is 2.31. The molecule has 0 bridgehead atoms. The van der Waals surface area contributed by atoms with E-state index in [9.17, 15) is 4.79 Å². The molecule has 0 aliphatic heterocycles. The summed E-state index contributed by atoms with van der Waals surface area (Å²) in [6.45, 7) is 6.67. The SMILES string of the molecule is CC(=O)NCCNCC1CCCCC1C. The zero-order valence-corrected chi connectivity index (χ0v) is 10.0. The summed E-state index contributed by atoms with van der Waals surface area (Å²) in [6.07, 6.45) is 5.55. The van der Waals surface area contributed by atoms with Gasteiger partial charge in [-0.15, -0.1) is 0 Å². The van der Waals surface area contributed by atoms with Crippen molar-refractivity contribution in [2.45, 2.75) is 39.5 Å². The van der Waals surface area contributed by atoms with Crippen LogP contribution in [-0.4, -0.2) is 25.5 Å². The third kappa shape index (κ3) is 5.17. The number of rotatable bonds is 5. The van der Waals surface area contributed by atoms with Gasteiger partial charge in [-0.25, -0.2) is 0 Å². The van der Waals surface area contributed by atoms with Crippen molar-refractivity contribution in [3.05, 3.63) is 0 Å². The lowest BCUT2D eigenvalue weighted by atomic mass is 9.80. The van der Waals surface area contributed by atoms with Crippen molar-refractivity contribution in [3.8, 4) is 0 Å². The van der Waals surface area contributed by atoms with Crippen LogP contribution >= 0.6 is 0 Å². The highest BCUT2D eigenvalue weighted by molar-refractivity contribution is 5.72. The Bertz CT molecular complexity index is 194. The predicted octanol–water partition coefficient (Wildman–Crippen LogP) is 1.54. The third-order valence-electron chi connectivity index (χ3n) is 3.37. The Morgan fingerprint density at radius 1 is 1.27 bits per heavy atom. The number of nitrogens with one attached hydrogen (secondary N) is 2. The molecular weight excluding hydrogens is 188 g/mol. The molecule has 1 rings (SSSR count). The van der Waals surface area contributed by atoms with Gasteiger partial charge in [0.1, 0.15) is 0 Å². The largest absolute Gasteiger partial charge is 0.355 e. The Labute approximate surface area is 93.0 Å². The van der Waals surface area contributed by atoms with Crippen LogP contribution in [0.5, 0.6) is 0 Å². The summed E-state index contributed by atoms with van der Waals surface area (Å²) in [5.41, 5.74) is 0. The molecule has 0 saturated heterocycles. The van der Waals surface area contributed by atoms with Crippen molar-refractivity contribution < 1.29 is 4.79 Å². The summed E-state index contributed by atoms with van der Waals surface area (Å²) in [5, 5.41) is 6.22. The van der Waals surface area contributed by atoms with E-state index in [1.54, 1.807) is 6.92 Å². The maximum Gasteiger partial charge on any atom is 0.216 e. The van der Waals surface area contributed by atoms with Gasteiger partial charge in [0.15, 0.2) is 0 Å². The van der Waals surface area contributed by atoms with Crippen molar-refractivity contribution in [1.29, 1.82) is 0 Å². The van der Waals surface area contributed by atoms with Gasteiger partial charge < -0.3 is 10.6 Å². The predicted molar refractivity (Wildman–Crippen MR) is 62.7 cm³/mol. The molecule has 0 aromatic rings. The van der Waals surface area contributed by atoms with E-state index in [-0.39, 0.29) is 5.91 Å². The number of carbonyl (C=O) groups excluding carboxylic acids is 1. The van der Waals surface area contributed by atoms with Gasteiger partial charge in [-0.2, -0.15) is 0 Å². The normalized spacial score (nSPS) is 26.3. The zero-order valence-electron chi connectivity index (χ0n) is 10.0. The van der Waals surface area contributed by atoms with Crippen LogP contribution in [0.3, 0.4) is 0 Å². The van der Waals surface area contributed by atoms with Gasteiger partial charge in [-0.1, -0.05) is 26.2 Å². The van der Waals surface area contributed by atoms with Crippen LogP contribution in [0.4, 0.5) is 0 Å². The molecule has 0 heterocycles. The summed E-state index contributed by atoms with van der Waals surface area (Å²) in [7, 11) is 0. The minimum absolute atomic E-state index is 0.0582. The Morgan fingerprint density at radius 2 is 2.00 bits per heavy atom. The lowest BCUT2D eigenvalue weighted by molar-refractivity contribution is -0.118. The fraction of sp³-hybridized carbons (Fsp3) is 0.917. The minimum atomic E-state index is 0.0582. The molecule has 0 aromatic carbocycles. The van der Waals surface area contributed by atoms with Gasteiger partial charge in [0.25, 0.3) is 0 Å². The second-order valence-electron chi connectivity index (χ2n) is 4.71. The van der Waals surface area contributed by atoms with Crippen molar-refractivity contribution in [1.82, 2.24) is 10.6 Å². The van der Waals surface area contributed by atoms with Gasteiger partial charge in [0.05, 0.1) is 0 Å². The minimum Gasteiger partial charge on any atom is -0.355 e. The molecule has 1 aliphatic rings. The van der Waals surface area contributed by atoms with Gasteiger partial charge in [0, 0.05) is 20.0 Å². The molecule has 2 atom stereocenters. The van der Waals surface area contributed by atoms with Crippen molar-refractivity contribution in [2.24, 2.45) is 11.8 Å². The molecule has 15 heavy (non-hydrogen) atoms. The van der Waals surface area contributed by atoms with Crippen molar-refractivity contribution in [2.75, 3.05) is 19.6 Å². The third-order valence-corrected chi connectivity index (χ3v) is 3.37. The van der Waals surface area contributed by atoms with E-state index in [0.29, 0.717) is 0 Å². The Kier molecular flexibility index (Phi) is 5.69. The fourth-order valence-corrected chi connectivity index (χ4v) is 2.31. The molecule has 1 amide bonds. The van der Waals surface area contributed by atoms with Gasteiger partial charge in [-0.05, 0) is 24.8 Å². The summed E-state index contributed by atoms with van der Waals surface area (Å²) in [6, 6.07) is 0. The Balaban J connectivity index is 2.01. The Hall–Kier alpha value is -0.570. The van der Waals surface area contributed by atoms with E-state index >= 15 is 0 Å². The number of hydrogen-bond acceptors (Lipinski definition) is 2. The second-order valence-corrected chi connectivity index (χ2v) is 4.71. The summed E-state index contributed by atoms with van der Waals surface area (Å²) >= 11 is 0. The van der Waals surface area contributed by atoms with Crippen molar-refractivity contribution >= 4 is 5.91 Å². The molecule has 1 saturated carbocycles. The molecule has 1 aliphatic carbocycles. The van der Waals surface area contributed by atoms with Crippen LogP contribution in [0, 0.1) is 11.8 Å². The zero-order chi connectivity index (χ0) is 11.1. The van der Waals surface area contributed by atoms with Crippen LogP contribution < -0.4 is 10.6 Å². The number of hydrogen-bond donors (Lipinski definition) is 2. The molecule has 3 heteroatoms. The topological polar surface area (TPSA) is 41.1 Å². The molecule has 2 N–H and O–H groups in total. The lowest BCUT2D eigenvalue weighted by Crippen LogP contribution is -2.35. The smallest absolute Gasteiger partial charge is 0.216 e. The number of carbonyl (C=O) groups is 1. The Morgan fingerprint density at radius 3 is 2.67 bits per heavy atom. The van der Waals surface area contributed by atoms with Gasteiger partial charge >= 0.3 is 0 Å². The molecular formula is C12H24N2O. The maximum atomic E-state index is 10.6. The van der Waals surface area contributed by atoms with E-state index in [4.69, 9.17) is 0 Å². The van der Waals surface area contributed by atoms with Crippen LogP contribution in [0.25, 0.3) is 0 Å². The van der Waals surface area contributed by atoms with E-state index in [0.717, 1.165) is 31.5 Å². The monoisotopic (exact) mass is 212 g/mol. The van der Waals surface area contributed by atoms with E-state index < -0.39 is 0 Å². The standard InChI is InChI=1S/C12H24N2O/c1-10-5-3-4-6-12(10)9-13-7-8-14-11(2)15/h10,12-13H,3-9H2,1-2H3,(H,14,15). The van der Waals surface area contributed by atoms with Crippen molar-refractivity contribution in [3.63, 3.8) is 0 Å². The van der Waals surface area contributed by atoms with Gasteiger partial charge in [0.2, 0.25) is 5.91 Å². The quantitative estimate of drug-likeness (QED) is 0.679. The average Bonchev–Trinajstić information content (AvgIpc) is 2.20. The van der Waals surface area contributed by atoms with E-state index in [2.05, 4.69) is 17.6 Å². The first kappa shape index (κ1) is 12.5. The molecule has 2 unspecified atom stereocenters. The van der Waals surface area contributed by atoms with Crippen LogP contribution in [0.2, 0.25) is 0 Å². The first-order valence-corrected chi connectivity index (χ1v) is 6.15. The van der Waals surface area contributed by atoms with Crippen LogP contribution in [0.1, 0.15) is 39.5 Å². The first-order valence-electron chi connectivity index (χ1n) is 6.15. The van der Waals surface area contributed by atoms with Crippen LogP contribution in [0.15, 0.2) is 0 Å². The lowest BCUT2D eigenvalue weighted by Gasteiger charge is -2.28. The number of amides is 1. The maximum absolute atomic E-state index is 10.6. The first-order chi connectivity index (χ1) is 7.20. The highest BCUT2D eigenvalue weighted by atomic mass is 16.1. The summed E-state index contributed by atoms with van der Waals surface area (Å²) < 4.78 is 0. The molecule has 88 valence electrons. The highest BCUT2D eigenvalue weighted by Gasteiger charge is 2.20. The average molecular weight is 212 g/mol. The molecule has 3 nitrogen and oxygen atoms in total.